The van der Waals surface area contributed by atoms with Crippen molar-refractivity contribution in [3.63, 3.8) is 0 Å². The molecular formula is C59H61BN2O. The Morgan fingerprint density at radius 1 is 0.587 bits per heavy atom. The molecule has 0 bridgehead atoms. The van der Waals surface area contributed by atoms with Gasteiger partial charge < -0.3 is 9.32 Å². The van der Waals surface area contributed by atoms with Crippen molar-refractivity contribution in [2.45, 2.75) is 135 Å². The minimum atomic E-state index is -0.0774. The van der Waals surface area contributed by atoms with Gasteiger partial charge in [-0.2, -0.15) is 0 Å². The van der Waals surface area contributed by atoms with Gasteiger partial charge in [0.05, 0.1) is 11.2 Å². The maximum absolute atomic E-state index is 7.62. The van der Waals surface area contributed by atoms with Gasteiger partial charge in [-0.15, -0.1) is 0 Å². The lowest BCUT2D eigenvalue weighted by Crippen LogP contribution is -2.64. The van der Waals surface area contributed by atoms with Crippen LogP contribution in [0.1, 0.15) is 129 Å². The van der Waals surface area contributed by atoms with E-state index in [2.05, 4.69) is 194 Å². The first-order valence-electron chi connectivity index (χ1n) is 23.8. The molecule has 316 valence electrons. The van der Waals surface area contributed by atoms with Crippen LogP contribution >= 0.6 is 0 Å². The van der Waals surface area contributed by atoms with E-state index in [1.165, 1.54) is 121 Å². The third kappa shape index (κ3) is 5.27. The molecule has 1 aromatic heterocycles. The van der Waals surface area contributed by atoms with E-state index in [-0.39, 0.29) is 33.9 Å². The first kappa shape index (κ1) is 39.1. The average Bonchev–Trinajstić information content (AvgIpc) is 3.73. The number of hydrogen-bond acceptors (Lipinski definition) is 3. The molecule has 0 spiro atoms. The summed E-state index contributed by atoms with van der Waals surface area (Å²) in [4.78, 5) is 5.42. The van der Waals surface area contributed by atoms with Crippen LogP contribution in [0.2, 0.25) is 0 Å². The summed E-state index contributed by atoms with van der Waals surface area (Å²) in [5.74, 6) is 0.956. The van der Waals surface area contributed by atoms with Crippen molar-refractivity contribution in [2.75, 3.05) is 9.80 Å². The number of aryl methyl sites for hydroxylation is 1. The van der Waals surface area contributed by atoms with Crippen molar-refractivity contribution in [3.8, 4) is 22.3 Å². The Bertz CT molecular complexity index is 3060. The molecule has 5 aliphatic rings. The largest absolute Gasteiger partial charge is 0.440 e. The molecule has 7 aromatic rings. The van der Waals surface area contributed by atoms with Crippen LogP contribution in [0.3, 0.4) is 0 Å². The molecule has 2 atom stereocenters. The summed E-state index contributed by atoms with van der Waals surface area (Å²) >= 11 is 0. The van der Waals surface area contributed by atoms with E-state index < -0.39 is 0 Å². The summed E-state index contributed by atoms with van der Waals surface area (Å²) in [6.45, 7) is 24.3. The molecule has 0 radical (unpaired) electrons. The molecule has 0 N–H and O–H groups in total. The van der Waals surface area contributed by atoms with Crippen molar-refractivity contribution in [3.05, 3.63) is 143 Å². The van der Waals surface area contributed by atoms with Gasteiger partial charge in [-0.25, -0.2) is 0 Å². The van der Waals surface area contributed by atoms with Crippen molar-refractivity contribution < 1.29 is 4.42 Å². The van der Waals surface area contributed by atoms with E-state index in [0.717, 1.165) is 23.6 Å². The minimum Gasteiger partial charge on any atom is -0.440 e. The van der Waals surface area contributed by atoms with Crippen LogP contribution < -0.4 is 26.2 Å². The van der Waals surface area contributed by atoms with Gasteiger partial charge in [0.25, 0.3) is 6.71 Å². The second kappa shape index (κ2) is 12.8. The molecule has 3 nitrogen and oxygen atoms in total. The number of furan rings is 1. The van der Waals surface area contributed by atoms with E-state index >= 15 is 0 Å². The molecule has 12 rings (SSSR count). The van der Waals surface area contributed by atoms with E-state index in [0.29, 0.717) is 0 Å². The molecule has 1 fully saturated rings. The summed E-state index contributed by atoms with van der Waals surface area (Å²) in [5, 5.41) is 1.26. The number of fused-ring (bicyclic) bond motifs is 10. The van der Waals surface area contributed by atoms with Crippen molar-refractivity contribution in [1.29, 1.82) is 0 Å². The Balaban J connectivity index is 1.24. The minimum absolute atomic E-state index is 0.0107. The van der Waals surface area contributed by atoms with Crippen molar-refractivity contribution >= 4 is 62.7 Å². The molecule has 3 aliphatic heterocycles. The molecule has 6 aromatic carbocycles. The summed E-state index contributed by atoms with van der Waals surface area (Å²) in [6.07, 6.45) is 7.18. The Kier molecular flexibility index (Phi) is 7.97. The van der Waals surface area contributed by atoms with Crippen LogP contribution in [0, 0.1) is 6.92 Å². The molecule has 2 unspecified atom stereocenters. The molecule has 4 heteroatoms. The summed E-state index contributed by atoms with van der Waals surface area (Å²) < 4.78 is 7.62. The van der Waals surface area contributed by atoms with Gasteiger partial charge in [0.2, 0.25) is 5.88 Å². The number of benzene rings is 6. The smallest absolute Gasteiger partial charge is 0.257 e. The highest BCUT2D eigenvalue weighted by Crippen LogP contribution is 2.63. The van der Waals surface area contributed by atoms with Crippen LogP contribution in [-0.2, 0) is 21.7 Å². The third-order valence-corrected chi connectivity index (χ3v) is 17.1. The summed E-state index contributed by atoms with van der Waals surface area (Å²) in [5.41, 5.74) is 22.4. The Hall–Kier alpha value is -5.48. The maximum atomic E-state index is 7.62. The topological polar surface area (TPSA) is 19.6 Å². The lowest BCUT2D eigenvalue weighted by Gasteiger charge is -2.52. The molecule has 0 saturated heterocycles. The number of rotatable bonds is 3. The van der Waals surface area contributed by atoms with Crippen molar-refractivity contribution in [2.24, 2.45) is 0 Å². The van der Waals surface area contributed by atoms with Gasteiger partial charge in [-0.3, -0.25) is 4.90 Å². The summed E-state index contributed by atoms with van der Waals surface area (Å²) in [6, 6.07) is 44.6. The van der Waals surface area contributed by atoms with Crippen LogP contribution in [-0.4, -0.2) is 12.3 Å². The van der Waals surface area contributed by atoms with Gasteiger partial charge in [-0.1, -0.05) is 141 Å². The molecule has 4 heterocycles. The lowest BCUT2D eigenvalue weighted by atomic mass is 9.33. The van der Waals surface area contributed by atoms with Crippen LogP contribution in [0.4, 0.5) is 28.6 Å². The van der Waals surface area contributed by atoms with Gasteiger partial charge >= 0.3 is 0 Å². The van der Waals surface area contributed by atoms with E-state index in [1.54, 1.807) is 0 Å². The van der Waals surface area contributed by atoms with E-state index in [1.807, 2.05) is 0 Å². The fourth-order valence-electron chi connectivity index (χ4n) is 13.1. The molecule has 63 heavy (non-hydrogen) atoms. The highest BCUT2D eigenvalue weighted by Gasteiger charge is 2.62. The standard InChI is InChI=1S/C59H61BN2O/c1-36-29-48-52-49(30-36)62-53-45(58(9)25-17-18-26-59(58,62)10)31-39(37-19-13-11-14-20-37)32-46(53)60(52)51-42-34-43-44(57(7,8)28-27-56(43,5)6)35-50(42)63-54(51)61(48)47-24-23-40(55(2,3)4)33-41(47)38-21-15-12-16-22-38/h11-16,19-24,29-35H,17-18,25-28H2,1-10H3. The molecule has 2 aliphatic carbocycles. The second-order valence-corrected chi connectivity index (χ2v) is 22.8. The predicted octanol–water partition coefficient (Wildman–Crippen LogP) is 14.1. The van der Waals surface area contributed by atoms with Crippen LogP contribution in [0.5, 0.6) is 0 Å². The zero-order chi connectivity index (χ0) is 43.6. The summed E-state index contributed by atoms with van der Waals surface area (Å²) in [7, 11) is 0. The fourth-order valence-corrected chi connectivity index (χ4v) is 13.1. The van der Waals surface area contributed by atoms with Crippen molar-refractivity contribution in [1.82, 2.24) is 0 Å². The van der Waals surface area contributed by atoms with E-state index in [9.17, 15) is 0 Å². The molecule has 0 amide bonds. The number of anilines is 5. The van der Waals surface area contributed by atoms with Gasteiger partial charge in [0.15, 0.2) is 0 Å². The normalized spacial score (nSPS) is 22.3. The SMILES string of the molecule is Cc1cc2c3c(c1)N1c4c(cc(-c5ccccc5)cc4C4(C)CCCCC14C)B3c1c(oc3cc4c(cc13)C(C)(C)CCC4(C)C)N2c1ccc(C(C)(C)C)cc1-c1ccccc1. The first-order chi connectivity index (χ1) is 30.0. The Morgan fingerprint density at radius 3 is 1.94 bits per heavy atom. The zero-order valence-corrected chi connectivity index (χ0v) is 39.1. The van der Waals surface area contributed by atoms with Gasteiger partial charge in [0.1, 0.15) is 5.58 Å². The monoisotopic (exact) mass is 824 g/mol. The highest BCUT2D eigenvalue weighted by molar-refractivity contribution is 7.01. The van der Waals surface area contributed by atoms with Crippen LogP contribution in [0.15, 0.2) is 120 Å². The van der Waals surface area contributed by atoms with Crippen LogP contribution in [0.25, 0.3) is 33.2 Å². The predicted molar refractivity (Wildman–Crippen MR) is 268 cm³/mol. The second-order valence-electron chi connectivity index (χ2n) is 22.8. The van der Waals surface area contributed by atoms with Gasteiger partial charge in [-0.05, 0) is 154 Å². The van der Waals surface area contributed by atoms with E-state index in [4.69, 9.17) is 4.42 Å². The zero-order valence-electron chi connectivity index (χ0n) is 39.1. The Labute approximate surface area is 375 Å². The Morgan fingerprint density at radius 2 is 1.24 bits per heavy atom. The third-order valence-electron chi connectivity index (χ3n) is 17.1. The quantitative estimate of drug-likeness (QED) is 0.166. The fraction of sp³-hybridized carbons (Fsp3) is 0.356. The molecular weight excluding hydrogens is 763 g/mol. The lowest BCUT2D eigenvalue weighted by molar-refractivity contribution is 0.195. The van der Waals surface area contributed by atoms with Gasteiger partial charge in [0, 0.05) is 38.9 Å². The maximum Gasteiger partial charge on any atom is 0.257 e. The first-order valence-corrected chi connectivity index (χ1v) is 23.8. The number of hydrogen-bond donors (Lipinski definition) is 0. The average molecular weight is 825 g/mol. The molecule has 1 saturated carbocycles. The highest BCUT2D eigenvalue weighted by atomic mass is 16.4. The number of nitrogens with zero attached hydrogens (tertiary/aromatic N) is 2.